The van der Waals surface area contributed by atoms with Gasteiger partial charge in [0, 0.05) is 55.4 Å². The van der Waals surface area contributed by atoms with Gasteiger partial charge in [0.25, 0.3) is 5.56 Å². The molecule has 2 bridgehead atoms. The number of benzene rings is 1. The molecule has 1 fully saturated rings. The van der Waals surface area contributed by atoms with Crippen molar-refractivity contribution >= 4 is 5.91 Å². The monoisotopic (exact) mass is 561 g/mol. The topological polar surface area (TPSA) is 137 Å². The number of primary amides is 1. The van der Waals surface area contributed by atoms with Gasteiger partial charge in [-0.2, -0.15) is 0 Å². The first-order chi connectivity index (χ1) is 19.6. The van der Waals surface area contributed by atoms with Crippen LogP contribution < -0.4 is 26.2 Å². The number of piperidine rings is 1. The number of hydrogen-bond acceptors (Lipinski definition) is 8. The number of hydrogen-bond donors (Lipinski definition) is 2. The molecule has 3 N–H and O–H groups in total. The molecule has 4 heterocycles. The van der Waals surface area contributed by atoms with Crippen molar-refractivity contribution in [3.05, 3.63) is 98.0 Å². The summed E-state index contributed by atoms with van der Waals surface area (Å²) in [6, 6.07) is 11.8. The highest BCUT2D eigenvalue weighted by Gasteiger charge is 2.35. The number of rotatable bonds is 10. The van der Waals surface area contributed by atoms with Gasteiger partial charge in [0.1, 0.15) is 12.4 Å². The van der Waals surface area contributed by atoms with Gasteiger partial charge in [-0.15, -0.1) is 0 Å². The van der Waals surface area contributed by atoms with Gasteiger partial charge in [-0.3, -0.25) is 19.3 Å². The van der Waals surface area contributed by atoms with Crippen LogP contribution in [-0.4, -0.2) is 47.3 Å². The first-order valence-corrected chi connectivity index (χ1v) is 13.6. The molecule has 3 atom stereocenters. The van der Waals surface area contributed by atoms with E-state index >= 15 is 0 Å². The van der Waals surface area contributed by atoms with E-state index < -0.39 is 23.0 Å². The molecule has 1 aromatic carbocycles. The first kappa shape index (κ1) is 28.2. The number of ether oxygens (including phenoxy) is 2. The molecule has 0 radical (unpaired) electrons. The van der Waals surface area contributed by atoms with Gasteiger partial charge in [-0.1, -0.05) is 24.8 Å². The fourth-order valence-electron chi connectivity index (χ4n) is 6.08. The molecule has 0 unspecified atom stereocenters. The SMILES string of the molecule is C=C(C)COc1c(OC)cccc1[C@@H](CC(N)=O)c1oc(CN2C[C@H]3C[C@@H](C2)c2cccc(=O)n2C3)cc(=O)c1O. The van der Waals surface area contributed by atoms with E-state index in [0.717, 1.165) is 24.2 Å². The van der Waals surface area contributed by atoms with E-state index in [9.17, 15) is 19.5 Å². The molecule has 0 spiro atoms. The van der Waals surface area contributed by atoms with E-state index in [4.69, 9.17) is 19.6 Å². The van der Waals surface area contributed by atoms with Crippen LogP contribution in [0.4, 0.5) is 0 Å². The molecule has 5 rings (SSSR count). The van der Waals surface area contributed by atoms with Crippen LogP contribution in [0.1, 0.15) is 54.4 Å². The number of nitrogens with two attached hydrogens (primary N) is 1. The van der Waals surface area contributed by atoms with Crippen LogP contribution in [0.15, 0.2) is 68.6 Å². The van der Waals surface area contributed by atoms with Gasteiger partial charge in [0.2, 0.25) is 17.1 Å². The minimum absolute atomic E-state index is 0.0180. The second kappa shape index (κ2) is 11.7. The summed E-state index contributed by atoms with van der Waals surface area (Å²) in [5.41, 5.74) is 7.30. The molecule has 1 amide bonds. The maximum atomic E-state index is 13.0. The Bertz CT molecular complexity index is 1590. The predicted octanol–water partition coefficient (Wildman–Crippen LogP) is 3.10. The van der Waals surface area contributed by atoms with Crippen molar-refractivity contribution in [1.82, 2.24) is 9.47 Å². The maximum absolute atomic E-state index is 13.0. The van der Waals surface area contributed by atoms with Crippen molar-refractivity contribution in [1.29, 1.82) is 0 Å². The number of fused-ring (bicyclic) bond motifs is 4. The number of carbonyl (C=O) groups excluding carboxylic acids is 1. The first-order valence-electron chi connectivity index (χ1n) is 13.6. The lowest BCUT2D eigenvalue weighted by Gasteiger charge is -2.42. The number of para-hydroxylation sites is 1. The van der Waals surface area contributed by atoms with Crippen molar-refractivity contribution < 1.29 is 23.8 Å². The Morgan fingerprint density at radius 1 is 1.20 bits per heavy atom. The highest BCUT2D eigenvalue weighted by molar-refractivity contribution is 5.76. The molecule has 10 nitrogen and oxygen atoms in total. The molecule has 3 aromatic rings. The third-order valence-electron chi connectivity index (χ3n) is 7.72. The molecule has 216 valence electrons. The molecule has 2 aliphatic heterocycles. The van der Waals surface area contributed by atoms with Gasteiger partial charge < -0.3 is 29.3 Å². The fourth-order valence-corrected chi connectivity index (χ4v) is 6.08. The molecule has 0 saturated carbocycles. The van der Waals surface area contributed by atoms with Gasteiger partial charge in [0.05, 0.1) is 19.6 Å². The number of aromatic nitrogens is 1. The summed E-state index contributed by atoms with van der Waals surface area (Å²) in [6.45, 7) is 8.29. The van der Waals surface area contributed by atoms with E-state index in [-0.39, 0.29) is 36.2 Å². The van der Waals surface area contributed by atoms with Crippen LogP contribution in [0.3, 0.4) is 0 Å². The number of nitrogens with zero attached hydrogens (tertiary/aromatic N) is 2. The quantitative estimate of drug-likeness (QED) is 0.360. The summed E-state index contributed by atoms with van der Waals surface area (Å²) < 4.78 is 19.6. The number of amides is 1. The number of likely N-dealkylation sites (tertiary alicyclic amines) is 1. The zero-order chi connectivity index (χ0) is 29.3. The van der Waals surface area contributed by atoms with Crippen molar-refractivity contribution in [2.45, 2.75) is 44.7 Å². The summed E-state index contributed by atoms with van der Waals surface area (Å²) in [5.74, 6) is -0.612. The normalized spacial score (nSPS) is 18.8. The molecule has 0 aliphatic carbocycles. The maximum Gasteiger partial charge on any atom is 0.250 e. The van der Waals surface area contributed by atoms with Crippen LogP contribution in [0, 0.1) is 5.92 Å². The van der Waals surface area contributed by atoms with Crippen LogP contribution in [-0.2, 0) is 17.9 Å². The summed E-state index contributed by atoms with van der Waals surface area (Å²) >= 11 is 0. The van der Waals surface area contributed by atoms with Crippen LogP contribution >= 0.6 is 0 Å². The van der Waals surface area contributed by atoms with Crippen molar-refractivity contribution in [2.24, 2.45) is 11.7 Å². The van der Waals surface area contributed by atoms with Crippen LogP contribution in [0.25, 0.3) is 0 Å². The summed E-state index contributed by atoms with van der Waals surface area (Å²) in [7, 11) is 1.50. The van der Waals surface area contributed by atoms with Gasteiger partial charge in [-0.25, -0.2) is 0 Å². The minimum Gasteiger partial charge on any atom is -0.502 e. The van der Waals surface area contributed by atoms with E-state index in [1.165, 1.54) is 13.2 Å². The van der Waals surface area contributed by atoms with E-state index in [1.54, 1.807) is 30.3 Å². The van der Waals surface area contributed by atoms with Crippen molar-refractivity contribution in [3.8, 4) is 17.2 Å². The molecular weight excluding hydrogens is 526 g/mol. The second-order valence-corrected chi connectivity index (χ2v) is 11.0. The third kappa shape index (κ3) is 5.92. The molecular formula is C31H35N3O7. The van der Waals surface area contributed by atoms with Gasteiger partial charge in [0.15, 0.2) is 17.3 Å². The third-order valence-corrected chi connectivity index (χ3v) is 7.72. The number of methoxy groups -OCH3 is 1. The van der Waals surface area contributed by atoms with Crippen molar-refractivity contribution in [3.63, 3.8) is 0 Å². The van der Waals surface area contributed by atoms with Gasteiger partial charge in [-0.05, 0) is 37.0 Å². The highest BCUT2D eigenvalue weighted by Crippen LogP contribution is 2.42. The number of aromatic hydroxyl groups is 1. The van der Waals surface area contributed by atoms with E-state index in [1.807, 2.05) is 17.6 Å². The lowest BCUT2D eigenvalue weighted by molar-refractivity contribution is -0.118. The Kier molecular flexibility index (Phi) is 8.03. The average Bonchev–Trinajstić information content (AvgIpc) is 2.93. The Balaban J connectivity index is 1.49. The molecule has 2 aromatic heterocycles. The zero-order valence-corrected chi connectivity index (χ0v) is 23.3. The fraction of sp³-hybridized carbons (Fsp3) is 0.387. The lowest BCUT2D eigenvalue weighted by Crippen LogP contribution is -2.46. The Morgan fingerprint density at radius 3 is 2.71 bits per heavy atom. The number of carbonyl (C=O) groups is 1. The Hall–Kier alpha value is -4.31. The standard InChI is InChI=1S/C31H35N3O7/c1-18(2)17-40-30-22(6-4-8-26(30)39-3)23(12-27(32)36)31-29(38)25(35)11-21(41-31)16-33-13-19-10-20(15-33)24-7-5-9-28(37)34(24)14-19/h4-9,11,19-20,23,38H,1,10,12-17H2,2-3H3,(H2,32,36)/t19-,20+,23-/m1/s1. The molecule has 2 aliphatic rings. The summed E-state index contributed by atoms with van der Waals surface area (Å²) in [4.78, 5) is 39.8. The van der Waals surface area contributed by atoms with E-state index in [0.29, 0.717) is 42.5 Å². The molecule has 10 heteroatoms. The Morgan fingerprint density at radius 2 is 1.98 bits per heavy atom. The van der Waals surface area contributed by atoms with Crippen LogP contribution in [0.5, 0.6) is 17.2 Å². The lowest BCUT2D eigenvalue weighted by atomic mass is 9.83. The van der Waals surface area contributed by atoms with Crippen molar-refractivity contribution in [2.75, 3.05) is 26.8 Å². The van der Waals surface area contributed by atoms with Gasteiger partial charge >= 0.3 is 0 Å². The predicted molar refractivity (Wildman–Crippen MR) is 152 cm³/mol. The van der Waals surface area contributed by atoms with E-state index in [2.05, 4.69) is 11.5 Å². The summed E-state index contributed by atoms with van der Waals surface area (Å²) in [5, 5.41) is 10.9. The average molecular weight is 562 g/mol. The van der Waals surface area contributed by atoms with Crippen LogP contribution in [0.2, 0.25) is 0 Å². The number of pyridine rings is 1. The smallest absolute Gasteiger partial charge is 0.250 e. The molecule has 41 heavy (non-hydrogen) atoms. The largest absolute Gasteiger partial charge is 0.502 e. The Labute approximate surface area is 237 Å². The molecule has 1 saturated heterocycles. The zero-order valence-electron chi connectivity index (χ0n) is 23.3. The highest BCUT2D eigenvalue weighted by atomic mass is 16.5. The second-order valence-electron chi connectivity index (χ2n) is 11.0. The summed E-state index contributed by atoms with van der Waals surface area (Å²) in [6.07, 6.45) is 0.754. The minimum atomic E-state index is -0.908.